The smallest absolute Gasteiger partial charge is 0.239 e. The Morgan fingerprint density at radius 1 is 1.35 bits per heavy atom. The number of piperidine rings is 1. The number of rotatable bonds is 3. The summed E-state index contributed by atoms with van der Waals surface area (Å²) in [7, 11) is 0. The molecule has 0 spiro atoms. The third-order valence-electron chi connectivity index (χ3n) is 4.48. The molecule has 1 aliphatic heterocycles. The number of nitrogens with zero attached hydrogens (tertiary/aromatic N) is 1. The van der Waals surface area contributed by atoms with Crippen molar-refractivity contribution in [1.29, 1.82) is 0 Å². The highest BCUT2D eigenvalue weighted by molar-refractivity contribution is 5.85. The van der Waals surface area contributed by atoms with Gasteiger partial charge in [0.25, 0.3) is 0 Å². The molecule has 4 heteroatoms. The van der Waals surface area contributed by atoms with E-state index >= 15 is 0 Å². The van der Waals surface area contributed by atoms with Gasteiger partial charge in [-0.1, -0.05) is 27.7 Å². The molecule has 2 N–H and O–H groups in total. The zero-order valence-electron chi connectivity index (χ0n) is 11.3. The summed E-state index contributed by atoms with van der Waals surface area (Å²) in [5, 5.41) is 0. The monoisotopic (exact) mass is 260 g/mol. The van der Waals surface area contributed by atoms with Gasteiger partial charge in [-0.25, -0.2) is 0 Å². The van der Waals surface area contributed by atoms with E-state index in [1.54, 1.807) is 0 Å². The second kappa shape index (κ2) is 4.77. The van der Waals surface area contributed by atoms with E-state index in [0.29, 0.717) is 11.3 Å². The van der Waals surface area contributed by atoms with Crippen LogP contribution in [0.4, 0.5) is 0 Å². The van der Waals surface area contributed by atoms with Crippen LogP contribution in [0.25, 0.3) is 0 Å². The Morgan fingerprint density at radius 2 is 1.82 bits per heavy atom. The predicted octanol–water partition coefficient (Wildman–Crippen LogP) is 1.90. The maximum absolute atomic E-state index is 12.1. The van der Waals surface area contributed by atoms with Gasteiger partial charge < -0.3 is 10.6 Å². The minimum Gasteiger partial charge on any atom is -0.341 e. The van der Waals surface area contributed by atoms with E-state index in [1.165, 1.54) is 0 Å². The standard InChI is InChI=1S/C13H24N2O.ClH/c1-8(2)5-11(14)12(16)15-6-9-10(7-15)13(9,3)4;/h8-11H,5-7,14H2,1-4H3;1H/t9?,10?,11-;/m0./s1. The van der Waals surface area contributed by atoms with Crippen molar-refractivity contribution in [3.63, 3.8) is 0 Å². The fourth-order valence-electron chi connectivity index (χ4n) is 3.16. The molecule has 2 unspecified atom stereocenters. The van der Waals surface area contributed by atoms with Crippen molar-refractivity contribution in [2.45, 2.75) is 40.2 Å². The molecule has 1 saturated heterocycles. The molecule has 3 nitrogen and oxygen atoms in total. The van der Waals surface area contributed by atoms with Crippen molar-refractivity contribution in [3.05, 3.63) is 0 Å². The van der Waals surface area contributed by atoms with Gasteiger partial charge >= 0.3 is 0 Å². The molecule has 3 atom stereocenters. The first-order valence-electron chi connectivity index (χ1n) is 6.38. The summed E-state index contributed by atoms with van der Waals surface area (Å²) in [6.07, 6.45) is 0.800. The molecule has 1 heterocycles. The van der Waals surface area contributed by atoms with Crippen LogP contribution in [-0.2, 0) is 4.79 Å². The summed E-state index contributed by atoms with van der Waals surface area (Å²) in [5.74, 6) is 2.11. The van der Waals surface area contributed by atoms with Crippen LogP contribution >= 0.6 is 12.4 Å². The SMILES string of the molecule is CC(C)C[C@H](N)C(=O)N1CC2C(C1)C2(C)C.Cl. The quantitative estimate of drug-likeness (QED) is 0.843. The van der Waals surface area contributed by atoms with Crippen LogP contribution in [0.1, 0.15) is 34.1 Å². The third-order valence-corrected chi connectivity index (χ3v) is 4.48. The van der Waals surface area contributed by atoms with Gasteiger partial charge in [0.15, 0.2) is 0 Å². The summed E-state index contributed by atoms with van der Waals surface area (Å²) in [6, 6.07) is -0.291. The van der Waals surface area contributed by atoms with E-state index in [1.807, 2.05) is 4.90 Å². The molecule has 100 valence electrons. The number of carbonyl (C=O) groups excluding carboxylic acids is 1. The van der Waals surface area contributed by atoms with E-state index in [4.69, 9.17) is 5.73 Å². The molecular formula is C13H25ClN2O. The Morgan fingerprint density at radius 3 is 2.24 bits per heavy atom. The highest BCUT2D eigenvalue weighted by Crippen LogP contribution is 2.61. The normalized spacial score (nSPS) is 30.8. The average Bonchev–Trinajstić information content (AvgIpc) is 2.61. The Bertz CT molecular complexity index is 290. The molecule has 0 aromatic heterocycles. The van der Waals surface area contributed by atoms with Crippen LogP contribution < -0.4 is 5.73 Å². The van der Waals surface area contributed by atoms with Crippen molar-refractivity contribution < 1.29 is 4.79 Å². The van der Waals surface area contributed by atoms with E-state index in [2.05, 4.69) is 27.7 Å². The van der Waals surface area contributed by atoms with Gasteiger partial charge in [-0.3, -0.25) is 4.79 Å². The molecule has 0 bridgehead atoms. The minimum atomic E-state index is -0.291. The van der Waals surface area contributed by atoms with Crippen LogP contribution in [0.15, 0.2) is 0 Å². The fraction of sp³-hybridized carbons (Fsp3) is 0.923. The summed E-state index contributed by atoms with van der Waals surface area (Å²) in [5.41, 5.74) is 6.41. The highest BCUT2D eigenvalue weighted by atomic mass is 35.5. The molecule has 2 fully saturated rings. The fourth-order valence-corrected chi connectivity index (χ4v) is 3.16. The first-order chi connectivity index (χ1) is 7.34. The summed E-state index contributed by atoms with van der Waals surface area (Å²) in [6.45, 7) is 10.7. The van der Waals surface area contributed by atoms with E-state index < -0.39 is 0 Å². The number of hydrogen-bond donors (Lipinski definition) is 1. The molecule has 17 heavy (non-hydrogen) atoms. The Labute approximate surface area is 111 Å². The zero-order valence-corrected chi connectivity index (χ0v) is 12.1. The number of fused-ring (bicyclic) bond motifs is 1. The molecule has 0 radical (unpaired) electrons. The number of likely N-dealkylation sites (tertiary alicyclic amines) is 1. The third kappa shape index (κ3) is 2.60. The minimum absolute atomic E-state index is 0. The molecule has 0 aromatic rings. The lowest BCUT2D eigenvalue weighted by molar-refractivity contribution is -0.132. The van der Waals surface area contributed by atoms with Gasteiger partial charge in [0.2, 0.25) is 5.91 Å². The number of nitrogens with two attached hydrogens (primary N) is 1. The van der Waals surface area contributed by atoms with E-state index in [-0.39, 0.29) is 24.4 Å². The first kappa shape index (κ1) is 14.8. The molecule has 1 saturated carbocycles. The molecule has 0 aromatic carbocycles. The molecular weight excluding hydrogens is 236 g/mol. The van der Waals surface area contributed by atoms with Crippen LogP contribution in [0.2, 0.25) is 0 Å². The van der Waals surface area contributed by atoms with Crippen LogP contribution in [0, 0.1) is 23.2 Å². The van der Waals surface area contributed by atoms with E-state index in [0.717, 1.165) is 31.3 Å². The lowest BCUT2D eigenvalue weighted by Crippen LogP contribution is -2.44. The van der Waals surface area contributed by atoms with Crippen molar-refractivity contribution in [1.82, 2.24) is 4.90 Å². The van der Waals surface area contributed by atoms with Crippen LogP contribution in [0.5, 0.6) is 0 Å². The van der Waals surface area contributed by atoms with Crippen molar-refractivity contribution >= 4 is 18.3 Å². The van der Waals surface area contributed by atoms with Gasteiger partial charge in [0, 0.05) is 13.1 Å². The topological polar surface area (TPSA) is 46.3 Å². The lowest BCUT2D eigenvalue weighted by Gasteiger charge is -2.25. The largest absolute Gasteiger partial charge is 0.341 e. The zero-order chi connectivity index (χ0) is 12.1. The first-order valence-corrected chi connectivity index (χ1v) is 6.38. The van der Waals surface area contributed by atoms with Gasteiger partial charge in [-0.15, -0.1) is 12.4 Å². The summed E-state index contributed by atoms with van der Waals surface area (Å²) >= 11 is 0. The Kier molecular flexibility index (Phi) is 4.15. The Hall–Kier alpha value is -0.280. The summed E-state index contributed by atoms with van der Waals surface area (Å²) in [4.78, 5) is 14.0. The second-order valence-corrected chi connectivity index (χ2v) is 6.51. The number of carbonyl (C=O) groups is 1. The highest BCUT2D eigenvalue weighted by Gasteiger charge is 2.62. The molecule has 1 amide bonds. The van der Waals surface area contributed by atoms with Crippen molar-refractivity contribution in [2.75, 3.05) is 13.1 Å². The number of hydrogen-bond acceptors (Lipinski definition) is 2. The van der Waals surface area contributed by atoms with Gasteiger partial charge in [0.1, 0.15) is 0 Å². The van der Waals surface area contributed by atoms with Gasteiger partial charge in [-0.05, 0) is 29.6 Å². The summed E-state index contributed by atoms with van der Waals surface area (Å²) < 4.78 is 0. The number of amides is 1. The average molecular weight is 261 g/mol. The van der Waals surface area contributed by atoms with Crippen molar-refractivity contribution in [3.8, 4) is 0 Å². The van der Waals surface area contributed by atoms with Crippen LogP contribution in [-0.4, -0.2) is 29.9 Å². The predicted molar refractivity (Wildman–Crippen MR) is 72.0 cm³/mol. The van der Waals surface area contributed by atoms with Crippen LogP contribution in [0.3, 0.4) is 0 Å². The van der Waals surface area contributed by atoms with Gasteiger partial charge in [0.05, 0.1) is 6.04 Å². The maximum atomic E-state index is 12.1. The molecule has 1 aliphatic carbocycles. The van der Waals surface area contributed by atoms with Gasteiger partial charge in [-0.2, -0.15) is 0 Å². The van der Waals surface area contributed by atoms with Crippen molar-refractivity contribution in [2.24, 2.45) is 28.9 Å². The number of halogens is 1. The Balaban J connectivity index is 0.00000144. The molecule has 2 aliphatic rings. The maximum Gasteiger partial charge on any atom is 0.239 e. The lowest BCUT2D eigenvalue weighted by atomic mass is 10.0. The second-order valence-electron chi connectivity index (χ2n) is 6.51. The van der Waals surface area contributed by atoms with E-state index in [9.17, 15) is 4.79 Å². The molecule has 2 rings (SSSR count).